The number of aromatic nitrogens is 2. The molecule has 0 spiro atoms. The molecule has 0 atom stereocenters. The van der Waals surface area contributed by atoms with Crippen molar-refractivity contribution in [2.24, 2.45) is 0 Å². The molecule has 0 radical (unpaired) electrons. The van der Waals surface area contributed by atoms with Gasteiger partial charge in [-0.15, -0.1) is 0 Å². The summed E-state index contributed by atoms with van der Waals surface area (Å²) in [5, 5.41) is 3.06. The maximum Gasteiger partial charge on any atom is 0.258 e. The lowest BCUT2D eigenvalue weighted by atomic mass is 10.1. The van der Waals surface area contributed by atoms with Crippen LogP contribution in [0.15, 0.2) is 65.3 Å². The number of fused-ring (bicyclic) bond motifs is 1. The van der Waals surface area contributed by atoms with Gasteiger partial charge in [0.15, 0.2) is 5.58 Å². The van der Waals surface area contributed by atoms with Crippen LogP contribution in [0.1, 0.15) is 10.4 Å². The number of hydrogen-bond acceptors (Lipinski definition) is 4. The predicted octanol–water partition coefficient (Wildman–Crippen LogP) is 4.93. The summed E-state index contributed by atoms with van der Waals surface area (Å²) in [5.41, 5.74) is 2.08. The van der Waals surface area contributed by atoms with Crippen LogP contribution in [0.2, 0.25) is 5.02 Å². The first-order valence-corrected chi connectivity index (χ1v) is 8.06. The number of pyridine rings is 1. The second kappa shape index (κ2) is 6.57. The molecule has 2 aromatic carbocycles. The zero-order valence-electron chi connectivity index (χ0n) is 13.2. The van der Waals surface area contributed by atoms with Crippen LogP contribution in [-0.2, 0) is 0 Å². The Bertz CT molecular complexity index is 1090. The zero-order chi connectivity index (χ0) is 18.1. The molecule has 26 heavy (non-hydrogen) atoms. The van der Waals surface area contributed by atoms with Crippen LogP contribution in [0.4, 0.5) is 10.1 Å². The summed E-state index contributed by atoms with van der Waals surface area (Å²) >= 11 is 6.25. The van der Waals surface area contributed by atoms with Crippen LogP contribution in [0, 0.1) is 5.82 Å². The fourth-order valence-electron chi connectivity index (χ4n) is 2.51. The highest BCUT2D eigenvalue weighted by atomic mass is 35.5. The summed E-state index contributed by atoms with van der Waals surface area (Å²) in [6.07, 6.45) is 3.18. The van der Waals surface area contributed by atoms with E-state index in [9.17, 15) is 9.18 Å². The Morgan fingerprint density at radius 2 is 2.00 bits per heavy atom. The summed E-state index contributed by atoms with van der Waals surface area (Å²) in [6.45, 7) is 0. The molecule has 0 saturated heterocycles. The van der Waals surface area contributed by atoms with Gasteiger partial charge in [0.05, 0.1) is 22.3 Å². The summed E-state index contributed by atoms with van der Waals surface area (Å²) in [5.74, 6) is -0.844. The monoisotopic (exact) mass is 367 g/mol. The van der Waals surface area contributed by atoms with E-state index in [0.717, 1.165) is 0 Å². The van der Waals surface area contributed by atoms with Crippen LogP contribution < -0.4 is 5.32 Å². The van der Waals surface area contributed by atoms with Crippen molar-refractivity contribution in [1.29, 1.82) is 0 Å². The first-order chi connectivity index (χ1) is 12.6. The number of rotatable bonds is 3. The van der Waals surface area contributed by atoms with Gasteiger partial charge in [0.2, 0.25) is 5.89 Å². The number of benzene rings is 2. The highest BCUT2D eigenvalue weighted by molar-refractivity contribution is 6.33. The lowest BCUT2D eigenvalue weighted by molar-refractivity contribution is 0.102. The van der Waals surface area contributed by atoms with Gasteiger partial charge in [0.1, 0.15) is 11.3 Å². The van der Waals surface area contributed by atoms with E-state index in [1.54, 1.807) is 42.7 Å². The van der Waals surface area contributed by atoms with Gasteiger partial charge in [-0.3, -0.25) is 9.78 Å². The third kappa shape index (κ3) is 3.02. The van der Waals surface area contributed by atoms with Gasteiger partial charge in [0.25, 0.3) is 5.91 Å². The molecule has 5 nitrogen and oxygen atoms in total. The Morgan fingerprint density at radius 1 is 1.15 bits per heavy atom. The van der Waals surface area contributed by atoms with E-state index in [1.165, 1.54) is 18.2 Å². The minimum atomic E-state index is -0.592. The topological polar surface area (TPSA) is 68.0 Å². The van der Waals surface area contributed by atoms with Crippen LogP contribution in [0.25, 0.3) is 22.6 Å². The minimum Gasteiger partial charge on any atom is -0.436 e. The fourth-order valence-corrected chi connectivity index (χ4v) is 2.70. The molecule has 128 valence electrons. The molecule has 4 aromatic rings. The van der Waals surface area contributed by atoms with Crippen molar-refractivity contribution >= 4 is 34.3 Å². The molecule has 0 aliphatic carbocycles. The lowest BCUT2D eigenvalue weighted by Crippen LogP contribution is -2.13. The minimum absolute atomic E-state index is 0.0445. The average Bonchev–Trinajstić information content (AvgIpc) is 3.07. The van der Waals surface area contributed by atoms with E-state index in [2.05, 4.69) is 15.3 Å². The SMILES string of the molecule is O=C(Nc1ccc(Cl)c(-c2nc3cnccc3o2)c1)c1ccccc1F. The van der Waals surface area contributed by atoms with Gasteiger partial charge in [-0.2, -0.15) is 0 Å². The van der Waals surface area contributed by atoms with E-state index >= 15 is 0 Å². The summed E-state index contributed by atoms with van der Waals surface area (Å²) in [6, 6.07) is 12.3. The van der Waals surface area contributed by atoms with E-state index < -0.39 is 11.7 Å². The first-order valence-electron chi connectivity index (χ1n) is 7.68. The first kappa shape index (κ1) is 16.2. The Kier molecular flexibility index (Phi) is 4.10. The van der Waals surface area contributed by atoms with E-state index in [1.807, 2.05) is 0 Å². The Morgan fingerprint density at radius 3 is 2.81 bits per heavy atom. The maximum absolute atomic E-state index is 13.8. The third-order valence-corrected chi connectivity index (χ3v) is 4.09. The molecule has 2 aromatic heterocycles. The molecule has 2 heterocycles. The van der Waals surface area contributed by atoms with Crippen molar-refractivity contribution in [3.05, 3.63) is 77.3 Å². The number of oxazole rings is 1. The molecule has 4 rings (SSSR count). The van der Waals surface area contributed by atoms with Crippen LogP contribution in [-0.4, -0.2) is 15.9 Å². The van der Waals surface area contributed by atoms with E-state index in [-0.39, 0.29) is 5.56 Å². The normalized spacial score (nSPS) is 10.8. The third-order valence-electron chi connectivity index (χ3n) is 3.76. The van der Waals surface area contributed by atoms with Crippen LogP contribution >= 0.6 is 11.6 Å². The molecule has 1 N–H and O–H groups in total. The van der Waals surface area contributed by atoms with E-state index in [4.69, 9.17) is 16.0 Å². The van der Waals surface area contributed by atoms with Gasteiger partial charge in [-0.05, 0) is 30.3 Å². The Labute approximate surface area is 152 Å². The van der Waals surface area contributed by atoms with Crippen molar-refractivity contribution in [2.75, 3.05) is 5.32 Å². The van der Waals surface area contributed by atoms with Crippen molar-refractivity contribution in [2.45, 2.75) is 0 Å². The quantitative estimate of drug-likeness (QED) is 0.557. The number of nitrogens with zero attached hydrogens (tertiary/aromatic N) is 2. The number of carbonyl (C=O) groups is 1. The number of halogens is 2. The molecule has 0 unspecified atom stereocenters. The summed E-state index contributed by atoms with van der Waals surface area (Å²) in [4.78, 5) is 20.6. The molecule has 0 aliphatic heterocycles. The highest BCUT2D eigenvalue weighted by Crippen LogP contribution is 2.32. The van der Waals surface area contributed by atoms with Crippen molar-refractivity contribution in [1.82, 2.24) is 9.97 Å². The molecule has 0 fully saturated rings. The highest BCUT2D eigenvalue weighted by Gasteiger charge is 2.15. The molecular formula is C19H11ClFN3O2. The number of amides is 1. The molecule has 0 saturated carbocycles. The number of anilines is 1. The molecular weight excluding hydrogens is 357 g/mol. The number of hydrogen-bond donors (Lipinski definition) is 1. The second-order valence-electron chi connectivity index (χ2n) is 5.49. The average molecular weight is 368 g/mol. The second-order valence-corrected chi connectivity index (χ2v) is 5.90. The van der Waals surface area contributed by atoms with Gasteiger partial charge in [-0.25, -0.2) is 9.37 Å². The summed E-state index contributed by atoms with van der Waals surface area (Å²) < 4.78 is 19.4. The van der Waals surface area contributed by atoms with Crippen LogP contribution in [0.3, 0.4) is 0 Å². The molecule has 1 amide bonds. The summed E-state index contributed by atoms with van der Waals surface area (Å²) in [7, 11) is 0. The van der Waals surface area contributed by atoms with Crippen molar-refractivity contribution < 1.29 is 13.6 Å². The number of carbonyl (C=O) groups excluding carboxylic acids is 1. The number of nitrogens with one attached hydrogen (secondary N) is 1. The Balaban J connectivity index is 1.68. The van der Waals surface area contributed by atoms with Gasteiger partial charge in [-0.1, -0.05) is 23.7 Å². The Hall–Kier alpha value is -3.25. The van der Waals surface area contributed by atoms with Gasteiger partial charge in [0, 0.05) is 18.0 Å². The molecule has 0 bridgehead atoms. The van der Waals surface area contributed by atoms with E-state index in [0.29, 0.717) is 33.3 Å². The predicted molar refractivity (Wildman–Crippen MR) is 96.6 cm³/mol. The molecule has 7 heteroatoms. The van der Waals surface area contributed by atoms with Crippen molar-refractivity contribution in [3.63, 3.8) is 0 Å². The maximum atomic E-state index is 13.8. The van der Waals surface area contributed by atoms with Crippen LogP contribution in [0.5, 0.6) is 0 Å². The molecule has 0 aliphatic rings. The fraction of sp³-hybridized carbons (Fsp3) is 0. The van der Waals surface area contributed by atoms with Crippen molar-refractivity contribution in [3.8, 4) is 11.5 Å². The van der Waals surface area contributed by atoms with Gasteiger partial charge >= 0.3 is 0 Å². The lowest BCUT2D eigenvalue weighted by Gasteiger charge is -2.08. The standard InChI is InChI=1S/C19H11ClFN3O2/c20-14-6-5-11(23-18(25)12-3-1-2-4-15(12)21)9-13(14)19-24-16-10-22-8-7-17(16)26-19/h1-10H,(H,23,25). The van der Waals surface area contributed by atoms with Gasteiger partial charge < -0.3 is 9.73 Å². The smallest absolute Gasteiger partial charge is 0.258 e. The zero-order valence-corrected chi connectivity index (χ0v) is 14.0. The largest absolute Gasteiger partial charge is 0.436 e.